The normalized spacial score (nSPS) is 9.56. The van der Waals surface area contributed by atoms with Crippen molar-refractivity contribution >= 4 is 18.1 Å². The van der Waals surface area contributed by atoms with Crippen molar-refractivity contribution < 1.29 is 4.92 Å². The number of halogens is 1. The molecule has 0 amide bonds. The van der Waals surface area contributed by atoms with E-state index in [1.54, 1.807) is 12.1 Å². The first-order valence-corrected chi connectivity index (χ1v) is 5.18. The lowest BCUT2D eigenvalue weighted by Gasteiger charge is -2.03. The maximum atomic E-state index is 10.5. The molecule has 1 aromatic rings. The summed E-state index contributed by atoms with van der Waals surface area (Å²) in [7, 11) is 0. The fourth-order valence-corrected chi connectivity index (χ4v) is 1.31. The Balaban J connectivity index is 0.00000225. The zero-order valence-corrected chi connectivity index (χ0v) is 10.1. The zero-order valence-electron chi connectivity index (χ0n) is 9.31. The molecule has 0 fully saturated rings. The maximum absolute atomic E-state index is 10.5. The van der Waals surface area contributed by atoms with Gasteiger partial charge in [-0.3, -0.25) is 10.1 Å². The number of nitro benzene ring substituents is 1. The molecule has 0 unspecified atom stereocenters. The lowest BCUT2D eigenvalue weighted by Crippen LogP contribution is -2.14. The van der Waals surface area contributed by atoms with Crippen molar-refractivity contribution in [3.05, 3.63) is 39.9 Å². The second-order valence-corrected chi connectivity index (χ2v) is 3.46. The van der Waals surface area contributed by atoms with Crippen LogP contribution in [0.1, 0.15) is 25.3 Å². The fourth-order valence-electron chi connectivity index (χ4n) is 1.31. The van der Waals surface area contributed by atoms with E-state index in [9.17, 15) is 10.1 Å². The Kier molecular flexibility index (Phi) is 7.50. The highest BCUT2D eigenvalue weighted by atomic mass is 35.5. The predicted molar refractivity (Wildman–Crippen MR) is 67.0 cm³/mol. The van der Waals surface area contributed by atoms with Gasteiger partial charge in [0, 0.05) is 18.7 Å². The number of hydrogen-bond donors (Lipinski definition) is 1. The molecule has 16 heavy (non-hydrogen) atoms. The van der Waals surface area contributed by atoms with Crippen LogP contribution in [-0.2, 0) is 6.54 Å². The Labute approximate surface area is 102 Å². The molecule has 0 heterocycles. The van der Waals surface area contributed by atoms with Gasteiger partial charge in [-0.2, -0.15) is 0 Å². The predicted octanol–water partition coefficient (Wildman–Crippen LogP) is 2.91. The van der Waals surface area contributed by atoms with Gasteiger partial charge in [0.25, 0.3) is 5.69 Å². The van der Waals surface area contributed by atoms with Crippen LogP contribution in [0.4, 0.5) is 5.69 Å². The lowest BCUT2D eigenvalue weighted by molar-refractivity contribution is -0.384. The minimum absolute atomic E-state index is 0. The Morgan fingerprint density at radius 3 is 2.81 bits per heavy atom. The number of nitrogens with one attached hydrogen (secondary N) is 1. The standard InChI is InChI=1S/C11H16N2O2.ClH/c1-2-3-7-12-9-10-5-4-6-11(8-10)13(14)15;/h4-6,8,12H,2-3,7,9H2,1H3;1H. The van der Waals surface area contributed by atoms with Crippen LogP contribution < -0.4 is 5.32 Å². The highest BCUT2D eigenvalue weighted by Gasteiger charge is 2.04. The maximum Gasteiger partial charge on any atom is 0.269 e. The molecule has 5 heteroatoms. The van der Waals surface area contributed by atoms with Gasteiger partial charge in [-0.15, -0.1) is 12.4 Å². The van der Waals surface area contributed by atoms with Crippen molar-refractivity contribution in [1.82, 2.24) is 5.32 Å². The second-order valence-electron chi connectivity index (χ2n) is 3.46. The fraction of sp³-hybridized carbons (Fsp3) is 0.455. The first kappa shape index (κ1) is 14.9. The van der Waals surface area contributed by atoms with Gasteiger partial charge in [0.2, 0.25) is 0 Å². The second kappa shape index (κ2) is 8.07. The third kappa shape index (κ3) is 5.09. The molecule has 90 valence electrons. The number of rotatable bonds is 6. The van der Waals surface area contributed by atoms with Crippen LogP contribution in [0.5, 0.6) is 0 Å². The van der Waals surface area contributed by atoms with E-state index in [2.05, 4.69) is 12.2 Å². The van der Waals surface area contributed by atoms with Crippen LogP contribution >= 0.6 is 12.4 Å². The summed E-state index contributed by atoms with van der Waals surface area (Å²) < 4.78 is 0. The largest absolute Gasteiger partial charge is 0.313 e. The van der Waals surface area contributed by atoms with E-state index in [-0.39, 0.29) is 23.0 Å². The molecule has 1 N–H and O–H groups in total. The molecule has 0 saturated carbocycles. The van der Waals surface area contributed by atoms with Gasteiger partial charge < -0.3 is 5.32 Å². The van der Waals surface area contributed by atoms with Gasteiger partial charge in [-0.25, -0.2) is 0 Å². The Bertz CT molecular complexity index is 332. The SMILES string of the molecule is CCCCNCc1cccc([N+](=O)[O-])c1.Cl. The van der Waals surface area contributed by atoms with E-state index in [1.165, 1.54) is 6.07 Å². The van der Waals surface area contributed by atoms with Crippen LogP contribution in [0.15, 0.2) is 24.3 Å². The quantitative estimate of drug-likeness (QED) is 0.476. The smallest absolute Gasteiger partial charge is 0.269 e. The monoisotopic (exact) mass is 244 g/mol. The van der Waals surface area contributed by atoms with Crippen LogP contribution in [0, 0.1) is 10.1 Å². The first-order valence-electron chi connectivity index (χ1n) is 5.18. The van der Waals surface area contributed by atoms with Crippen molar-refractivity contribution in [1.29, 1.82) is 0 Å². The highest BCUT2D eigenvalue weighted by Crippen LogP contribution is 2.12. The zero-order chi connectivity index (χ0) is 11.1. The summed E-state index contributed by atoms with van der Waals surface area (Å²) in [6.45, 7) is 3.79. The summed E-state index contributed by atoms with van der Waals surface area (Å²) in [6, 6.07) is 6.73. The number of non-ortho nitro benzene ring substituents is 1. The number of benzene rings is 1. The average Bonchev–Trinajstić information content (AvgIpc) is 2.25. The topological polar surface area (TPSA) is 55.2 Å². The van der Waals surface area contributed by atoms with E-state index in [4.69, 9.17) is 0 Å². The molecule has 1 aromatic carbocycles. The third-order valence-electron chi connectivity index (χ3n) is 2.16. The number of unbranched alkanes of at least 4 members (excludes halogenated alkanes) is 1. The number of nitrogens with zero attached hydrogens (tertiary/aromatic N) is 1. The molecule has 0 aliphatic rings. The average molecular weight is 245 g/mol. The van der Waals surface area contributed by atoms with Gasteiger partial charge >= 0.3 is 0 Å². The summed E-state index contributed by atoms with van der Waals surface area (Å²) >= 11 is 0. The van der Waals surface area contributed by atoms with Crippen LogP contribution in [0.3, 0.4) is 0 Å². The summed E-state index contributed by atoms with van der Waals surface area (Å²) in [5.41, 5.74) is 1.12. The van der Waals surface area contributed by atoms with Gasteiger partial charge in [0.05, 0.1) is 4.92 Å². The summed E-state index contributed by atoms with van der Waals surface area (Å²) in [6.07, 6.45) is 2.29. The van der Waals surface area contributed by atoms with E-state index in [0.29, 0.717) is 6.54 Å². The molecule has 4 nitrogen and oxygen atoms in total. The van der Waals surface area contributed by atoms with E-state index in [1.807, 2.05) is 6.07 Å². The van der Waals surface area contributed by atoms with E-state index in [0.717, 1.165) is 24.9 Å². The minimum atomic E-state index is -0.366. The van der Waals surface area contributed by atoms with Crippen molar-refractivity contribution in [3.8, 4) is 0 Å². The molecule has 0 aliphatic heterocycles. The van der Waals surface area contributed by atoms with E-state index >= 15 is 0 Å². The van der Waals surface area contributed by atoms with Gasteiger partial charge in [0.1, 0.15) is 0 Å². The molecule has 0 spiro atoms. The molecule has 1 rings (SSSR count). The lowest BCUT2D eigenvalue weighted by atomic mass is 10.2. The van der Waals surface area contributed by atoms with Crippen molar-refractivity contribution in [3.63, 3.8) is 0 Å². The minimum Gasteiger partial charge on any atom is -0.313 e. The van der Waals surface area contributed by atoms with E-state index < -0.39 is 0 Å². The van der Waals surface area contributed by atoms with Crippen LogP contribution in [-0.4, -0.2) is 11.5 Å². The molecule has 0 atom stereocenters. The molecule has 0 saturated heterocycles. The number of hydrogen-bond acceptors (Lipinski definition) is 3. The molecular formula is C11H17ClN2O2. The molecule has 0 bridgehead atoms. The summed E-state index contributed by atoms with van der Waals surface area (Å²) in [5.74, 6) is 0. The first-order chi connectivity index (χ1) is 7.24. The summed E-state index contributed by atoms with van der Waals surface area (Å²) in [4.78, 5) is 10.1. The van der Waals surface area contributed by atoms with Gasteiger partial charge in [0.15, 0.2) is 0 Å². The van der Waals surface area contributed by atoms with Crippen molar-refractivity contribution in [2.24, 2.45) is 0 Å². The molecule has 0 aliphatic carbocycles. The van der Waals surface area contributed by atoms with Gasteiger partial charge in [-0.05, 0) is 18.5 Å². The third-order valence-corrected chi connectivity index (χ3v) is 2.16. The van der Waals surface area contributed by atoms with Crippen LogP contribution in [0.25, 0.3) is 0 Å². The molecule has 0 aromatic heterocycles. The van der Waals surface area contributed by atoms with Crippen LogP contribution in [0.2, 0.25) is 0 Å². The Morgan fingerprint density at radius 2 is 2.19 bits per heavy atom. The highest BCUT2D eigenvalue weighted by molar-refractivity contribution is 5.85. The summed E-state index contributed by atoms with van der Waals surface area (Å²) in [5, 5.41) is 13.8. The Hall–Kier alpha value is -1.13. The van der Waals surface area contributed by atoms with Gasteiger partial charge in [-0.1, -0.05) is 25.5 Å². The molecular weight excluding hydrogens is 228 g/mol. The molecule has 0 radical (unpaired) electrons. The van der Waals surface area contributed by atoms with Crippen molar-refractivity contribution in [2.75, 3.05) is 6.54 Å². The van der Waals surface area contributed by atoms with Crippen molar-refractivity contribution in [2.45, 2.75) is 26.3 Å². The Morgan fingerprint density at radius 1 is 1.44 bits per heavy atom. The number of nitro groups is 1.